The molecular formula is C14H20N4O. The van der Waals surface area contributed by atoms with E-state index in [4.69, 9.17) is 10.00 Å². The van der Waals surface area contributed by atoms with Crippen LogP contribution in [0, 0.1) is 11.3 Å². The molecule has 2 N–H and O–H groups in total. The Hall–Kier alpha value is -1.77. The number of benzene rings is 1. The molecule has 1 saturated heterocycles. The zero-order valence-corrected chi connectivity index (χ0v) is 11.3. The largest absolute Gasteiger partial charge is 0.497 e. The molecule has 0 radical (unpaired) electrons. The van der Waals surface area contributed by atoms with Gasteiger partial charge in [-0.25, -0.2) is 0 Å². The topological polar surface area (TPSA) is 60.3 Å². The van der Waals surface area contributed by atoms with E-state index in [-0.39, 0.29) is 0 Å². The Balaban J connectivity index is 1.89. The molecule has 0 atom stereocenters. The average Bonchev–Trinajstić information content (AvgIpc) is 2.48. The van der Waals surface area contributed by atoms with Crippen molar-refractivity contribution in [2.45, 2.75) is 0 Å². The van der Waals surface area contributed by atoms with E-state index in [0.29, 0.717) is 5.56 Å². The van der Waals surface area contributed by atoms with E-state index in [1.807, 2.05) is 6.07 Å². The van der Waals surface area contributed by atoms with Gasteiger partial charge < -0.3 is 15.4 Å². The minimum Gasteiger partial charge on any atom is -0.497 e. The summed E-state index contributed by atoms with van der Waals surface area (Å²) < 4.78 is 5.18. The summed E-state index contributed by atoms with van der Waals surface area (Å²) in [6.45, 7) is 6.12. The first-order chi connectivity index (χ1) is 9.33. The zero-order chi connectivity index (χ0) is 13.5. The third kappa shape index (κ3) is 3.85. The SMILES string of the molecule is COc1ccc(C#N)c(NCCN2CCNCC2)c1. The lowest BCUT2D eigenvalue weighted by molar-refractivity contribution is 0.249. The van der Waals surface area contributed by atoms with Crippen molar-refractivity contribution in [1.29, 1.82) is 5.26 Å². The van der Waals surface area contributed by atoms with Gasteiger partial charge in [0.1, 0.15) is 11.8 Å². The Morgan fingerprint density at radius 1 is 1.42 bits per heavy atom. The smallest absolute Gasteiger partial charge is 0.121 e. The number of ether oxygens (including phenoxy) is 1. The number of anilines is 1. The first-order valence-electron chi connectivity index (χ1n) is 6.58. The van der Waals surface area contributed by atoms with E-state index < -0.39 is 0 Å². The summed E-state index contributed by atoms with van der Waals surface area (Å²) in [7, 11) is 1.63. The van der Waals surface area contributed by atoms with Gasteiger partial charge in [0.05, 0.1) is 18.4 Å². The van der Waals surface area contributed by atoms with Gasteiger partial charge in [-0.3, -0.25) is 4.90 Å². The summed E-state index contributed by atoms with van der Waals surface area (Å²) in [5, 5.41) is 15.7. The number of nitrogens with zero attached hydrogens (tertiary/aromatic N) is 2. The molecule has 0 bridgehead atoms. The Labute approximate surface area is 114 Å². The minimum atomic E-state index is 0.654. The second-order valence-electron chi connectivity index (χ2n) is 4.54. The third-order valence-corrected chi connectivity index (χ3v) is 3.30. The highest BCUT2D eigenvalue weighted by Gasteiger charge is 2.09. The number of hydrogen-bond acceptors (Lipinski definition) is 5. The quantitative estimate of drug-likeness (QED) is 0.823. The maximum absolute atomic E-state index is 9.08. The summed E-state index contributed by atoms with van der Waals surface area (Å²) in [6.07, 6.45) is 0. The molecule has 0 saturated carbocycles. The van der Waals surface area contributed by atoms with E-state index in [1.54, 1.807) is 19.2 Å². The number of nitrogens with one attached hydrogen (secondary N) is 2. The molecule has 0 unspecified atom stereocenters. The maximum Gasteiger partial charge on any atom is 0.121 e. The molecule has 0 spiro atoms. The highest BCUT2D eigenvalue weighted by atomic mass is 16.5. The van der Waals surface area contributed by atoms with Crippen LogP contribution in [-0.4, -0.2) is 51.3 Å². The van der Waals surface area contributed by atoms with Gasteiger partial charge in [-0.1, -0.05) is 0 Å². The van der Waals surface area contributed by atoms with Crippen molar-refractivity contribution in [3.8, 4) is 11.8 Å². The Bertz CT molecular complexity index is 449. The van der Waals surface area contributed by atoms with Crippen LogP contribution < -0.4 is 15.4 Å². The van der Waals surface area contributed by atoms with Crippen LogP contribution in [0.3, 0.4) is 0 Å². The van der Waals surface area contributed by atoms with Crippen molar-refractivity contribution in [2.75, 3.05) is 51.7 Å². The van der Waals surface area contributed by atoms with Crippen LogP contribution in [0.25, 0.3) is 0 Å². The standard InChI is InChI=1S/C14H20N4O/c1-19-13-3-2-12(11-15)14(10-13)17-6-9-18-7-4-16-5-8-18/h2-3,10,16-17H,4-9H2,1H3. The van der Waals surface area contributed by atoms with Gasteiger partial charge in [0.15, 0.2) is 0 Å². The van der Waals surface area contributed by atoms with Gasteiger partial charge in [-0.05, 0) is 12.1 Å². The summed E-state index contributed by atoms with van der Waals surface area (Å²) in [5.74, 6) is 0.767. The van der Waals surface area contributed by atoms with Crippen LogP contribution in [0.2, 0.25) is 0 Å². The zero-order valence-electron chi connectivity index (χ0n) is 11.3. The molecule has 1 aromatic rings. The molecule has 5 nitrogen and oxygen atoms in total. The van der Waals surface area contributed by atoms with Gasteiger partial charge in [-0.2, -0.15) is 5.26 Å². The molecule has 19 heavy (non-hydrogen) atoms. The van der Waals surface area contributed by atoms with Crippen molar-refractivity contribution in [1.82, 2.24) is 10.2 Å². The average molecular weight is 260 g/mol. The van der Waals surface area contributed by atoms with E-state index in [2.05, 4.69) is 21.6 Å². The summed E-state index contributed by atoms with van der Waals surface area (Å²) in [6, 6.07) is 7.65. The van der Waals surface area contributed by atoms with Crippen LogP contribution in [-0.2, 0) is 0 Å². The molecular weight excluding hydrogens is 240 g/mol. The van der Waals surface area contributed by atoms with E-state index in [9.17, 15) is 0 Å². The van der Waals surface area contributed by atoms with Gasteiger partial charge >= 0.3 is 0 Å². The summed E-state index contributed by atoms with van der Waals surface area (Å²) in [5.41, 5.74) is 1.50. The molecule has 0 aliphatic carbocycles. The van der Waals surface area contributed by atoms with Gasteiger partial charge in [0, 0.05) is 45.3 Å². The van der Waals surface area contributed by atoms with Crippen molar-refractivity contribution in [2.24, 2.45) is 0 Å². The fourth-order valence-electron chi connectivity index (χ4n) is 2.18. The molecule has 102 valence electrons. The number of rotatable bonds is 5. The highest BCUT2D eigenvalue weighted by molar-refractivity contribution is 5.60. The maximum atomic E-state index is 9.08. The first-order valence-corrected chi connectivity index (χ1v) is 6.58. The van der Waals surface area contributed by atoms with Gasteiger partial charge in [-0.15, -0.1) is 0 Å². The fourth-order valence-corrected chi connectivity index (χ4v) is 2.18. The lowest BCUT2D eigenvalue weighted by Crippen LogP contribution is -2.45. The third-order valence-electron chi connectivity index (χ3n) is 3.30. The predicted octanol–water partition coefficient (Wildman–Crippen LogP) is 0.884. The Morgan fingerprint density at radius 2 is 2.21 bits per heavy atom. The normalized spacial score (nSPS) is 15.8. The first kappa shape index (κ1) is 13.7. The predicted molar refractivity (Wildman–Crippen MR) is 75.5 cm³/mol. The number of methoxy groups -OCH3 is 1. The monoisotopic (exact) mass is 260 g/mol. The number of nitriles is 1. The van der Waals surface area contributed by atoms with E-state index >= 15 is 0 Å². The molecule has 1 aromatic carbocycles. The molecule has 2 rings (SSSR count). The summed E-state index contributed by atoms with van der Waals surface area (Å²) >= 11 is 0. The lowest BCUT2D eigenvalue weighted by atomic mass is 10.2. The van der Waals surface area contributed by atoms with E-state index in [0.717, 1.165) is 50.7 Å². The number of piperazine rings is 1. The second-order valence-corrected chi connectivity index (χ2v) is 4.54. The molecule has 1 aliphatic heterocycles. The Kier molecular flexibility index (Phi) is 5.01. The van der Waals surface area contributed by atoms with Crippen molar-refractivity contribution < 1.29 is 4.74 Å². The molecule has 5 heteroatoms. The van der Waals surface area contributed by atoms with E-state index in [1.165, 1.54) is 0 Å². The molecule has 1 aliphatic rings. The lowest BCUT2D eigenvalue weighted by Gasteiger charge is -2.27. The van der Waals surface area contributed by atoms with Crippen LogP contribution in [0.4, 0.5) is 5.69 Å². The van der Waals surface area contributed by atoms with Crippen molar-refractivity contribution >= 4 is 5.69 Å². The van der Waals surface area contributed by atoms with Gasteiger partial charge in [0.2, 0.25) is 0 Å². The molecule has 1 heterocycles. The molecule has 0 amide bonds. The Morgan fingerprint density at radius 3 is 2.89 bits per heavy atom. The second kappa shape index (κ2) is 6.98. The van der Waals surface area contributed by atoms with Crippen LogP contribution in [0.15, 0.2) is 18.2 Å². The molecule has 0 aromatic heterocycles. The molecule has 1 fully saturated rings. The van der Waals surface area contributed by atoms with Crippen LogP contribution >= 0.6 is 0 Å². The van der Waals surface area contributed by atoms with Crippen LogP contribution in [0.5, 0.6) is 5.75 Å². The fraction of sp³-hybridized carbons (Fsp3) is 0.500. The van der Waals surface area contributed by atoms with Crippen molar-refractivity contribution in [3.63, 3.8) is 0 Å². The highest BCUT2D eigenvalue weighted by Crippen LogP contribution is 2.21. The minimum absolute atomic E-state index is 0.654. The summed E-state index contributed by atoms with van der Waals surface area (Å²) in [4.78, 5) is 2.41. The van der Waals surface area contributed by atoms with Crippen LogP contribution in [0.1, 0.15) is 5.56 Å². The van der Waals surface area contributed by atoms with Gasteiger partial charge in [0.25, 0.3) is 0 Å². The van der Waals surface area contributed by atoms with Crippen molar-refractivity contribution in [3.05, 3.63) is 23.8 Å². The number of hydrogen-bond donors (Lipinski definition) is 2.